The predicted octanol–water partition coefficient (Wildman–Crippen LogP) is 3.54. The number of hydrogen-bond acceptors (Lipinski definition) is 5. The van der Waals surface area contributed by atoms with Crippen LogP contribution in [0.5, 0.6) is 17.2 Å². The SMILES string of the molecule is Cc1nc(-c2ccc(O)c(Oc3ccccc3)c2)no1. The van der Waals surface area contributed by atoms with Crippen LogP contribution >= 0.6 is 0 Å². The van der Waals surface area contributed by atoms with Crippen LogP contribution in [0, 0.1) is 6.92 Å². The molecule has 0 saturated heterocycles. The Balaban J connectivity index is 1.95. The highest BCUT2D eigenvalue weighted by atomic mass is 16.5. The van der Waals surface area contributed by atoms with Gasteiger partial charge in [-0.3, -0.25) is 0 Å². The van der Waals surface area contributed by atoms with Gasteiger partial charge in [0.2, 0.25) is 11.7 Å². The van der Waals surface area contributed by atoms with Crippen LogP contribution in [0.4, 0.5) is 0 Å². The summed E-state index contributed by atoms with van der Waals surface area (Å²) in [6.45, 7) is 1.72. The molecule has 1 N–H and O–H groups in total. The molecule has 3 rings (SSSR count). The molecule has 0 atom stereocenters. The van der Waals surface area contributed by atoms with Crippen LogP contribution in [-0.4, -0.2) is 15.2 Å². The lowest BCUT2D eigenvalue weighted by Crippen LogP contribution is -1.87. The fourth-order valence-electron chi connectivity index (χ4n) is 1.77. The second-order valence-corrected chi connectivity index (χ2v) is 4.23. The quantitative estimate of drug-likeness (QED) is 0.786. The first kappa shape index (κ1) is 12.2. The van der Waals surface area contributed by atoms with Crippen molar-refractivity contribution in [3.63, 3.8) is 0 Å². The highest BCUT2D eigenvalue weighted by Crippen LogP contribution is 2.33. The third-order valence-electron chi connectivity index (χ3n) is 2.72. The lowest BCUT2D eigenvalue weighted by molar-refractivity contribution is 0.394. The van der Waals surface area contributed by atoms with Crippen LogP contribution in [0.2, 0.25) is 0 Å². The molecule has 0 aliphatic carbocycles. The summed E-state index contributed by atoms with van der Waals surface area (Å²) in [4.78, 5) is 4.14. The molecule has 3 aromatic rings. The highest BCUT2D eigenvalue weighted by Gasteiger charge is 2.10. The van der Waals surface area contributed by atoms with Crippen molar-refractivity contribution in [3.8, 4) is 28.6 Å². The number of aromatic hydroxyl groups is 1. The molecule has 100 valence electrons. The monoisotopic (exact) mass is 268 g/mol. The van der Waals surface area contributed by atoms with Crippen molar-refractivity contribution in [2.24, 2.45) is 0 Å². The average molecular weight is 268 g/mol. The molecule has 0 radical (unpaired) electrons. The van der Waals surface area contributed by atoms with Crippen LogP contribution in [0.25, 0.3) is 11.4 Å². The van der Waals surface area contributed by atoms with Gasteiger partial charge in [0, 0.05) is 12.5 Å². The number of aryl methyl sites for hydroxylation is 1. The first-order chi connectivity index (χ1) is 9.72. The van der Waals surface area contributed by atoms with E-state index < -0.39 is 0 Å². The second-order valence-electron chi connectivity index (χ2n) is 4.23. The summed E-state index contributed by atoms with van der Waals surface area (Å²) in [7, 11) is 0. The molecule has 0 bridgehead atoms. The number of aromatic nitrogens is 2. The van der Waals surface area contributed by atoms with Gasteiger partial charge in [0.25, 0.3) is 0 Å². The van der Waals surface area contributed by atoms with Crippen LogP contribution in [-0.2, 0) is 0 Å². The summed E-state index contributed by atoms with van der Waals surface area (Å²) in [6.07, 6.45) is 0. The van der Waals surface area contributed by atoms with Crippen molar-refractivity contribution in [2.75, 3.05) is 0 Å². The van der Waals surface area contributed by atoms with Gasteiger partial charge >= 0.3 is 0 Å². The molecule has 0 saturated carbocycles. The number of para-hydroxylation sites is 1. The molecule has 0 amide bonds. The fraction of sp³-hybridized carbons (Fsp3) is 0.0667. The van der Waals surface area contributed by atoms with E-state index in [-0.39, 0.29) is 5.75 Å². The van der Waals surface area contributed by atoms with Gasteiger partial charge in [0.05, 0.1) is 0 Å². The molecule has 5 nitrogen and oxygen atoms in total. The van der Waals surface area contributed by atoms with Gasteiger partial charge < -0.3 is 14.4 Å². The molecule has 0 aliphatic rings. The normalized spacial score (nSPS) is 10.4. The lowest BCUT2D eigenvalue weighted by atomic mass is 10.2. The third-order valence-corrected chi connectivity index (χ3v) is 2.72. The molecule has 0 aliphatic heterocycles. The van der Waals surface area contributed by atoms with Gasteiger partial charge in [-0.1, -0.05) is 23.4 Å². The summed E-state index contributed by atoms with van der Waals surface area (Å²) >= 11 is 0. The zero-order valence-corrected chi connectivity index (χ0v) is 10.8. The molecule has 0 spiro atoms. The fourth-order valence-corrected chi connectivity index (χ4v) is 1.77. The van der Waals surface area contributed by atoms with E-state index in [0.29, 0.717) is 28.8 Å². The Labute approximate surface area is 115 Å². The van der Waals surface area contributed by atoms with Crippen molar-refractivity contribution in [3.05, 3.63) is 54.4 Å². The maximum atomic E-state index is 9.86. The van der Waals surface area contributed by atoms with E-state index in [2.05, 4.69) is 10.1 Å². The molecule has 0 unspecified atom stereocenters. The second kappa shape index (κ2) is 5.05. The molecule has 2 aromatic carbocycles. The maximum absolute atomic E-state index is 9.86. The molecule has 20 heavy (non-hydrogen) atoms. The zero-order chi connectivity index (χ0) is 13.9. The lowest BCUT2D eigenvalue weighted by Gasteiger charge is -2.08. The Morgan fingerprint density at radius 3 is 2.60 bits per heavy atom. The summed E-state index contributed by atoms with van der Waals surface area (Å²) in [6, 6.07) is 14.2. The van der Waals surface area contributed by atoms with E-state index in [0.717, 1.165) is 0 Å². The Morgan fingerprint density at radius 2 is 1.90 bits per heavy atom. The smallest absolute Gasteiger partial charge is 0.223 e. The first-order valence-electron chi connectivity index (χ1n) is 6.09. The molecule has 1 aromatic heterocycles. The zero-order valence-electron chi connectivity index (χ0n) is 10.8. The standard InChI is InChI=1S/C15H12N2O3/c1-10-16-15(17-20-10)11-7-8-13(18)14(9-11)19-12-5-3-2-4-6-12/h2-9,18H,1H3. The van der Waals surface area contributed by atoms with Crippen molar-refractivity contribution in [1.29, 1.82) is 0 Å². The minimum absolute atomic E-state index is 0.0535. The minimum Gasteiger partial charge on any atom is -0.504 e. The number of nitrogens with zero attached hydrogens (tertiary/aromatic N) is 2. The molecular weight excluding hydrogens is 256 g/mol. The van der Waals surface area contributed by atoms with Crippen molar-refractivity contribution in [1.82, 2.24) is 10.1 Å². The van der Waals surface area contributed by atoms with Gasteiger partial charge in [-0.15, -0.1) is 0 Å². The topological polar surface area (TPSA) is 68.4 Å². The number of benzene rings is 2. The number of hydrogen-bond donors (Lipinski definition) is 1. The summed E-state index contributed by atoms with van der Waals surface area (Å²) in [5, 5.41) is 13.7. The van der Waals surface area contributed by atoms with Gasteiger partial charge in [0.1, 0.15) is 5.75 Å². The van der Waals surface area contributed by atoms with E-state index >= 15 is 0 Å². The highest BCUT2D eigenvalue weighted by molar-refractivity contribution is 5.60. The summed E-state index contributed by atoms with van der Waals surface area (Å²) in [5.74, 6) is 1.98. The molecule has 0 fully saturated rings. The van der Waals surface area contributed by atoms with Crippen LogP contribution in [0.1, 0.15) is 5.89 Å². The van der Waals surface area contributed by atoms with E-state index in [1.54, 1.807) is 25.1 Å². The molecule has 5 heteroatoms. The summed E-state index contributed by atoms with van der Waals surface area (Å²) < 4.78 is 10.6. The Kier molecular flexibility index (Phi) is 3.09. The predicted molar refractivity (Wildman–Crippen MR) is 72.7 cm³/mol. The largest absolute Gasteiger partial charge is 0.504 e. The van der Waals surface area contributed by atoms with E-state index in [1.165, 1.54) is 0 Å². The molecule has 1 heterocycles. The van der Waals surface area contributed by atoms with E-state index in [9.17, 15) is 5.11 Å². The van der Waals surface area contributed by atoms with E-state index in [1.807, 2.05) is 30.3 Å². The van der Waals surface area contributed by atoms with Gasteiger partial charge in [-0.25, -0.2) is 0 Å². The minimum atomic E-state index is 0.0535. The van der Waals surface area contributed by atoms with Gasteiger partial charge in [0.15, 0.2) is 11.5 Å². The Hall–Kier alpha value is -2.82. The maximum Gasteiger partial charge on any atom is 0.223 e. The van der Waals surface area contributed by atoms with E-state index in [4.69, 9.17) is 9.26 Å². The Morgan fingerprint density at radius 1 is 1.10 bits per heavy atom. The van der Waals surface area contributed by atoms with Crippen LogP contribution in [0.15, 0.2) is 53.1 Å². The van der Waals surface area contributed by atoms with Crippen LogP contribution in [0.3, 0.4) is 0 Å². The Bertz CT molecular complexity index is 723. The van der Waals surface area contributed by atoms with Gasteiger partial charge in [-0.2, -0.15) is 4.98 Å². The van der Waals surface area contributed by atoms with Crippen molar-refractivity contribution in [2.45, 2.75) is 6.92 Å². The third kappa shape index (κ3) is 2.47. The number of ether oxygens (including phenoxy) is 1. The number of rotatable bonds is 3. The van der Waals surface area contributed by atoms with Gasteiger partial charge in [-0.05, 0) is 30.3 Å². The summed E-state index contributed by atoms with van der Waals surface area (Å²) in [5.41, 5.74) is 0.714. The average Bonchev–Trinajstić information content (AvgIpc) is 2.89. The molecular formula is C15H12N2O3. The number of phenols is 1. The van der Waals surface area contributed by atoms with Crippen LogP contribution < -0.4 is 4.74 Å². The number of phenolic OH excluding ortho intramolecular Hbond substituents is 1. The van der Waals surface area contributed by atoms with Crippen molar-refractivity contribution >= 4 is 0 Å². The first-order valence-corrected chi connectivity index (χ1v) is 6.09. The van der Waals surface area contributed by atoms with Crippen molar-refractivity contribution < 1.29 is 14.4 Å².